The highest BCUT2D eigenvalue weighted by Crippen LogP contribution is 2.38. The van der Waals surface area contributed by atoms with Gasteiger partial charge in [-0.25, -0.2) is 4.79 Å². The van der Waals surface area contributed by atoms with Gasteiger partial charge in [-0.3, -0.25) is 0 Å². The van der Waals surface area contributed by atoms with Gasteiger partial charge in [0.1, 0.15) is 0 Å². The first kappa shape index (κ1) is 19.5. The first-order chi connectivity index (χ1) is 11.5. The molecule has 1 saturated carbocycles. The Hall–Kier alpha value is -0.810. The van der Waals surface area contributed by atoms with Crippen LogP contribution in [0.2, 0.25) is 0 Å². The molecule has 3 N–H and O–H groups in total. The monoisotopic (exact) mass is 340 g/mol. The van der Waals surface area contributed by atoms with Crippen molar-refractivity contribution in [2.24, 2.45) is 0 Å². The summed E-state index contributed by atoms with van der Waals surface area (Å²) >= 11 is 0. The maximum Gasteiger partial charge on any atom is 0.315 e. The summed E-state index contributed by atoms with van der Waals surface area (Å²) in [5, 5.41) is 16.6. The first-order valence-corrected chi connectivity index (χ1v) is 9.91. The minimum absolute atomic E-state index is 0.000392. The molecule has 1 spiro atoms. The second-order valence-corrected chi connectivity index (χ2v) is 7.83. The molecule has 5 heteroatoms. The number of aliphatic hydroxyl groups is 1. The van der Waals surface area contributed by atoms with Crippen molar-refractivity contribution in [1.82, 2.24) is 10.6 Å². The molecule has 0 radical (unpaired) electrons. The number of hydrogen-bond acceptors (Lipinski definition) is 3. The summed E-state index contributed by atoms with van der Waals surface area (Å²) in [5.74, 6) is 0. The van der Waals surface area contributed by atoms with E-state index in [9.17, 15) is 9.90 Å². The van der Waals surface area contributed by atoms with Gasteiger partial charge in [0.2, 0.25) is 0 Å². The zero-order valence-corrected chi connectivity index (χ0v) is 15.5. The van der Waals surface area contributed by atoms with E-state index in [4.69, 9.17) is 4.74 Å². The third kappa shape index (κ3) is 5.62. The minimum atomic E-state index is -0.777. The van der Waals surface area contributed by atoms with E-state index in [0.717, 1.165) is 58.0 Å². The predicted octanol–water partition coefficient (Wildman–Crippen LogP) is 3.50. The Balaban J connectivity index is 1.79. The minimum Gasteiger partial charge on any atom is -0.388 e. The van der Waals surface area contributed by atoms with Gasteiger partial charge in [0.05, 0.1) is 11.2 Å². The van der Waals surface area contributed by atoms with Crippen LogP contribution in [0.15, 0.2) is 0 Å². The number of hydrogen-bond donors (Lipinski definition) is 3. The fourth-order valence-electron chi connectivity index (χ4n) is 4.41. The van der Waals surface area contributed by atoms with Crippen molar-refractivity contribution in [1.29, 1.82) is 0 Å². The summed E-state index contributed by atoms with van der Waals surface area (Å²) in [5.41, 5.74) is -0.777. The maximum atomic E-state index is 12.3. The van der Waals surface area contributed by atoms with Gasteiger partial charge in [-0.05, 0) is 38.5 Å². The highest BCUT2D eigenvalue weighted by molar-refractivity contribution is 5.74. The first-order valence-electron chi connectivity index (χ1n) is 9.91. The quantitative estimate of drug-likeness (QED) is 0.664. The SMILES string of the molecule is CCCC(O)(CCC)CNC(=O)NC1CCOC2(CCCCC2)C1. The van der Waals surface area contributed by atoms with Gasteiger partial charge in [0, 0.05) is 19.2 Å². The van der Waals surface area contributed by atoms with Crippen molar-refractivity contribution in [3.8, 4) is 0 Å². The van der Waals surface area contributed by atoms with Crippen LogP contribution in [-0.4, -0.2) is 41.5 Å². The van der Waals surface area contributed by atoms with Gasteiger partial charge < -0.3 is 20.5 Å². The van der Waals surface area contributed by atoms with Crippen LogP contribution >= 0.6 is 0 Å². The van der Waals surface area contributed by atoms with Gasteiger partial charge in [0.15, 0.2) is 0 Å². The lowest BCUT2D eigenvalue weighted by atomic mass is 9.78. The molecule has 1 unspecified atom stereocenters. The number of amides is 2. The molecule has 1 heterocycles. The number of rotatable bonds is 7. The van der Waals surface area contributed by atoms with E-state index in [0.29, 0.717) is 6.54 Å². The fraction of sp³-hybridized carbons (Fsp3) is 0.947. The largest absolute Gasteiger partial charge is 0.388 e. The van der Waals surface area contributed by atoms with E-state index >= 15 is 0 Å². The Morgan fingerprint density at radius 3 is 2.50 bits per heavy atom. The molecule has 140 valence electrons. The molecular weight excluding hydrogens is 304 g/mol. The zero-order valence-electron chi connectivity index (χ0n) is 15.5. The molecule has 5 nitrogen and oxygen atoms in total. The van der Waals surface area contributed by atoms with Crippen LogP contribution in [-0.2, 0) is 4.74 Å². The van der Waals surface area contributed by atoms with E-state index in [1.165, 1.54) is 19.3 Å². The molecule has 24 heavy (non-hydrogen) atoms. The van der Waals surface area contributed by atoms with Crippen LogP contribution in [0.1, 0.15) is 84.5 Å². The van der Waals surface area contributed by atoms with E-state index in [1.807, 2.05) is 0 Å². The van der Waals surface area contributed by atoms with Crippen LogP contribution in [0.4, 0.5) is 4.79 Å². The number of carbonyl (C=O) groups is 1. The van der Waals surface area contributed by atoms with E-state index in [-0.39, 0.29) is 17.7 Å². The van der Waals surface area contributed by atoms with Gasteiger partial charge in [-0.15, -0.1) is 0 Å². The van der Waals surface area contributed by atoms with Crippen LogP contribution in [0, 0.1) is 0 Å². The van der Waals surface area contributed by atoms with E-state index < -0.39 is 5.60 Å². The Kier molecular flexibility index (Phi) is 7.35. The van der Waals surface area contributed by atoms with Crippen LogP contribution in [0.25, 0.3) is 0 Å². The standard InChI is InChI=1S/C19H36N2O3/c1-3-9-18(23,10-4-2)15-20-17(22)21-16-8-13-24-19(14-16)11-6-5-7-12-19/h16,23H,3-15H2,1-2H3,(H2,20,21,22). The van der Waals surface area contributed by atoms with Crippen molar-refractivity contribution in [3.05, 3.63) is 0 Å². The molecule has 2 fully saturated rings. The summed E-state index contributed by atoms with van der Waals surface area (Å²) in [6.45, 7) is 5.19. The average Bonchev–Trinajstić information content (AvgIpc) is 2.54. The lowest BCUT2D eigenvalue weighted by Crippen LogP contribution is -2.53. The number of ether oxygens (including phenoxy) is 1. The third-order valence-corrected chi connectivity index (χ3v) is 5.60. The van der Waals surface area contributed by atoms with Gasteiger partial charge >= 0.3 is 6.03 Å². The molecule has 0 aromatic rings. The summed E-state index contributed by atoms with van der Waals surface area (Å²) < 4.78 is 6.08. The highest BCUT2D eigenvalue weighted by Gasteiger charge is 2.39. The molecule has 1 saturated heterocycles. The molecule has 2 rings (SSSR count). The van der Waals surface area contributed by atoms with Gasteiger partial charge in [-0.1, -0.05) is 46.0 Å². The van der Waals surface area contributed by atoms with Gasteiger partial charge in [-0.2, -0.15) is 0 Å². The Bertz CT molecular complexity index is 383. The predicted molar refractivity (Wildman–Crippen MR) is 96.1 cm³/mol. The third-order valence-electron chi connectivity index (χ3n) is 5.60. The average molecular weight is 341 g/mol. The lowest BCUT2D eigenvalue weighted by molar-refractivity contribution is -0.107. The number of urea groups is 1. The molecule has 0 aromatic heterocycles. The molecule has 1 atom stereocenters. The molecule has 0 aromatic carbocycles. The lowest BCUT2D eigenvalue weighted by Gasteiger charge is -2.43. The molecular formula is C19H36N2O3. The summed E-state index contributed by atoms with van der Waals surface area (Å²) in [4.78, 5) is 12.3. The number of carbonyl (C=O) groups excluding carboxylic acids is 1. The van der Waals surface area contributed by atoms with Crippen LogP contribution in [0.3, 0.4) is 0 Å². The molecule has 1 aliphatic heterocycles. The Morgan fingerprint density at radius 2 is 1.88 bits per heavy atom. The van der Waals surface area contributed by atoms with Gasteiger partial charge in [0.25, 0.3) is 0 Å². The van der Waals surface area contributed by atoms with Crippen molar-refractivity contribution in [3.63, 3.8) is 0 Å². The topological polar surface area (TPSA) is 70.6 Å². The molecule has 2 amide bonds. The Morgan fingerprint density at radius 1 is 1.21 bits per heavy atom. The van der Waals surface area contributed by atoms with E-state index in [1.54, 1.807) is 0 Å². The van der Waals surface area contributed by atoms with E-state index in [2.05, 4.69) is 24.5 Å². The highest BCUT2D eigenvalue weighted by atomic mass is 16.5. The van der Waals surface area contributed by atoms with Crippen molar-refractivity contribution in [2.45, 2.75) is 102 Å². The van der Waals surface area contributed by atoms with Crippen LogP contribution < -0.4 is 10.6 Å². The summed E-state index contributed by atoms with van der Waals surface area (Å²) in [6, 6.07) is 0.0285. The normalized spacial score (nSPS) is 23.9. The molecule has 2 aliphatic rings. The molecule has 0 bridgehead atoms. The smallest absolute Gasteiger partial charge is 0.315 e. The zero-order chi connectivity index (χ0) is 17.5. The Labute approximate surface area is 146 Å². The van der Waals surface area contributed by atoms with Crippen molar-refractivity contribution in [2.75, 3.05) is 13.2 Å². The second-order valence-electron chi connectivity index (χ2n) is 7.83. The summed E-state index contributed by atoms with van der Waals surface area (Å²) in [6.07, 6.45) is 11.1. The number of nitrogens with one attached hydrogen (secondary N) is 2. The van der Waals surface area contributed by atoms with Crippen molar-refractivity contribution >= 4 is 6.03 Å². The maximum absolute atomic E-state index is 12.3. The molecule has 1 aliphatic carbocycles. The summed E-state index contributed by atoms with van der Waals surface area (Å²) in [7, 11) is 0. The van der Waals surface area contributed by atoms with Crippen molar-refractivity contribution < 1.29 is 14.6 Å². The second kappa shape index (κ2) is 9.04. The fourth-order valence-corrected chi connectivity index (χ4v) is 4.41. The van der Waals surface area contributed by atoms with Crippen LogP contribution in [0.5, 0.6) is 0 Å².